The van der Waals surface area contributed by atoms with Crippen molar-refractivity contribution in [3.05, 3.63) is 0 Å². The number of hydrogen-bond donors (Lipinski definition) is 2. The topological polar surface area (TPSA) is 64.3 Å². The predicted octanol–water partition coefficient (Wildman–Crippen LogP) is 1.19. The summed E-state index contributed by atoms with van der Waals surface area (Å²) in [5.41, 5.74) is 5.53. The highest BCUT2D eigenvalue weighted by atomic mass is 16.5. The summed E-state index contributed by atoms with van der Waals surface area (Å²) in [5.74, 6) is 0.178. The first-order chi connectivity index (χ1) is 8.20. The van der Waals surface area contributed by atoms with Crippen LogP contribution in [-0.4, -0.2) is 31.2 Å². The summed E-state index contributed by atoms with van der Waals surface area (Å²) in [5, 5.41) is 3.14. The summed E-state index contributed by atoms with van der Waals surface area (Å²) in [4.78, 5) is 12.2. The van der Waals surface area contributed by atoms with E-state index < -0.39 is 0 Å². The monoisotopic (exact) mass is 240 g/mol. The fraction of sp³-hybridized carbons (Fsp3) is 0.923. The van der Waals surface area contributed by atoms with Gasteiger partial charge in [0.1, 0.15) is 0 Å². The fourth-order valence-electron chi connectivity index (χ4n) is 2.97. The zero-order valence-corrected chi connectivity index (χ0v) is 10.7. The third kappa shape index (κ3) is 2.63. The van der Waals surface area contributed by atoms with E-state index in [1.165, 1.54) is 0 Å². The molecular formula is C13H24N2O2. The molecule has 0 atom stereocenters. The Bertz CT molecular complexity index is 269. The van der Waals surface area contributed by atoms with Gasteiger partial charge in [-0.05, 0) is 32.6 Å². The van der Waals surface area contributed by atoms with Crippen molar-refractivity contribution in [2.75, 3.05) is 13.2 Å². The molecule has 98 valence electrons. The third-order valence-corrected chi connectivity index (χ3v) is 4.27. The maximum atomic E-state index is 12.2. The molecule has 2 rings (SSSR count). The van der Waals surface area contributed by atoms with Crippen LogP contribution < -0.4 is 11.1 Å². The minimum Gasteiger partial charge on any atom is -0.378 e. The Kier molecular flexibility index (Phi) is 4.05. The minimum absolute atomic E-state index is 0.178. The summed E-state index contributed by atoms with van der Waals surface area (Å²) in [7, 11) is 0. The molecule has 4 nitrogen and oxygen atoms in total. The van der Waals surface area contributed by atoms with E-state index in [0.717, 1.165) is 45.1 Å². The second kappa shape index (κ2) is 5.36. The van der Waals surface area contributed by atoms with Gasteiger partial charge in [-0.3, -0.25) is 4.79 Å². The number of carbonyl (C=O) groups excluding carboxylic acids is 1. The second-order valence-electron chi connectivity index (χ2n) is 5.41. The van der Waals surface area contributed by atoms with Gasteiger partial charge in [0, 0.05) is 19.2 Å². The van der Waals surface area contributed by atoms with Crippen molar-refractivity contribution in [3.63, 3.8) is 0 Å². The second-order valence-corrected chi connectivity index (χ2v) is 5.41. The largest absolute Gasteiger partial charge is 0.378 e. The van der Waals surface area contributed by atoms with Crippen LogP contribution in [0.5, 0.6) is 0 Å². The Morgan fingerprint density at radius 2 is 2.06 bits per heavy atom. The summed E-state index contributed by atoms with van der Waals surface area (Å²) in [6.07, 6.45) is 6.45. The maximum Gasteiger partial charge on any atom is 0.227 e. The molecule has 2 aliphatic carbocycles. The van der Waals surface area contributed by atoms with Crippen molar-refractivity contribution >= 4 is 5.91 Å². The van der Waals surface area contributed by atoms with Crippen molar-refractivity contribution < 1.29 is 9.53 Å². The average Bonchev–Trinajstić information content (AvgIpc) is 2.76. The Labute approximate surface area is 103 Å². The zero-order valence-electron chi connectivity index (χ0n) is 10.7. The Morgan fingerprint density at radius 3 is 2.59 bits per heavy atom. The summed E-state index contributed by atoms with van der Waals surface area (Å²) >= 11 is 0. The molecule has 0 spiro atoms. The van der Waals surface area contributed by atoms with E-state index in [4.69, 9.17) is 10.5 Å². The van der Waals surface area contributed by atoms with E-state index in [9.17, 15) is 4.79 Å². The molecule has 4 heteroatoms. The molecular weight excluding hydrogens is 216 g/mol. The van der Waals surface area contributed by atoms with Gasteiger partial charge in [0.05, 0.1) is 11.5 Å². The van der Waals surface area contributed by atoms with Crippen molar-refractivity contribution in [1.82, 2.24) is 5.32 Å². The number of nitrogens with two attached hydrogens (primary N) is 1. The molecule has 0 aromatic heterocycles. The van der Waals surface area contributed by atoms with Crippen LogP contribution in [0.4, 0.5) is 0 Å². The Hall–Kier alpha value is -0.610. The molecule has 3 N–H and O–H groups in total. The third-order valence-electron chi connectivity index (χ3n) is 4.27. The van der Waals surface area contributed by atoms with Crippen LogP contribution in [0.2, 0.25) is 0 Å². The van der Waals surface area contributed by atoms with Gasteiger partial charge in [-0.1, -0.05) is 12.8 Å². The number of hydrogen-bond acceptors (Lipinski definition) is 3. The van der Waals surface area contributed by atoms with E-state index in [2.05, 4.69) is 5.32 Å². The highest BCUT2D eigenvalue weighted by Crippen LogP contribution is 2.38. The fourth-order valence-corrected chi connectivity index (χ4v) is 2.97. The number of rotatable bonds is 5. The Balaban J connectivity index is 1.78. The van der Waals surface area contributed by atoms with Gasteiger partial charge >= 0.3 is 0 Å². The molecule has 2 saturated carbocycles. The minimum atomic E-state index is -0.267. The van der Waals surface area contributed by atoms with Gasteiger partial charge in [-0.25, -0.2) is 0 Å². The normalized spacial score (nSPS) is 30.9. The molecule has 0 saturated heterocycles. The van der Waals surface area contributed by atoms with Crippen molar-refractivity contribution in [3.8, 4) is 0 Å². The van der Waals surface area contributed by atoms with Crippen LogP contribution in [-0.2, 0) is 9.53 Å². The molecule has 2 aliphatic rings. The van der Waals surface area contributed by atoms with Gasteiger partial charge < -0.3 is 15.8 Å². The zero-order chi connectivity index (χ0) is 12.3. The van der Waals surface area contributed by atoms with E-state index >= 15 is 0 Å². The van der Waals surface area contributed by atoms with Crippen LogP contribution >= 0.6 is 0 Å². The van der Waals surface area contributed by atoms with Crippen LogP contribution in [0, 0.1) is 5.41 Å². The van der Waals surface area contributed by atoms with Gasteiger partial charge in [-0.15, -0.1) is 0 Å². The van der Waals surface area contributed by atoms with E-state index in [-0.39, 0.29) is 11.3 Å². The Morgan fingerprint density at radius 1 is 1.41 bits per heavy atom. The van der Waals surface area contributed by atoms with Crippen LogP contribution in [0.15, 0.2) is 0 Å². The molecule has 0 aromatic carbocycles. The first-order valence-corrected chi connectivity index (χ1v) is 6.83. The molecule has 0 unspecified atom stereocenters. The molecule has 0 radical (unpaired) electrons. The predicted molar refractivity (Wildman–Crippen MR) is 66.5 cm³/mol. The lowest BCUT2D eigenvalue weighted by molar-refractivity contribution is -0.133. The van der Waals surface area contributed by atoms with Crippen LogP contribution in [0.25, 0.3) is 0 Å². The molecule has 0 bridgehead atoms. The SMILES string of the molecule is CCOC1CC(NC(=O)C2(CN)CCCC2)C1. The van der Waals surface area contributed by atoms with E-state index in [1.54, 1.807) is 0 Å². The average molecular weight is 240 g/mol. The van der Waals surface area contributed by atoms with Gasteiger partial charge in [0.25, 0.3) is 0 Å². The van der Waals surface area contributed by atoms with E-state index in [1.807, 2.05) is 6.92 Å². The number of nitrogens with one attached hydrogen (secondary N) is 1. The first-order valence-electron chi connectivity index (χ1n) is 6.83. The van der Waals surface area contributed by atoms with Crippen LogP contribution in [0.1, 0.15) is 45.4 Å². The highest BCUT2D eigenvalue weighted by molar-refractivity contribution is 5.83. The quantitative estimate of drug-likeness (QED) is 0.758. The maximum absolute atomic E-state index is 12.2. The van der Waals surface area contributed by atoms with Gasteiger partial charge in [0.2, 0.25) is 5.91 Å². The van der Waals surface area contributed by atoms with Crippen molar-refractivity contribution in [2.45, 2.75) is 57.6 Å². The van der Waals surface area contributed by atoms with Gasteiger partial charge in [0.15, 0.2) is 0 Å². The number of carbonyl (C=O) groups is 1. The number of ether oxygens (including phenoxy) is 1. The van der Waals surface area contributed by atoms with Crippen molar-refractivity contribution in [2.24, 2.45) is 11.1 Å². The molecule has 0 aliphatic heterocycles. The van der Waals surface area contributed by atoms with Gasteiger partial charge in [-0.2, -0.15) is 0 Å². The summed E-state index contributed by atoms with van der Waals surface area (Å²) in [6.45, 7) is 3.26. The first kappa shape index (κ1) is 12.8. The smallest absolute Gasteiger partial charge is 0.227 e. The molecule has 0 heterocycles. The number of amides is 1. The lowest BCUT2D eigenvalue weighted by atomic mass is 9.83. The lowest BCUT2D eigenvalue weighted by Crippen LogP contribution is -2.53. The van der Waals surface area contributed by atoms with Crippen molar-refractivity contribution in [1.29, 1.82) is 0 Å². The molecule has 0 aromatic rings. The summed E-state index contributed by atoms with van der Waals surface area (Å²) < 4.78 is 5.49. The highest BCUT2D eigenvalue weighted by Gasteiger charge is 2.42. The molecule has 17 heavy (non-hydrogen) atoms. The summed E-state index contributed by atoms with van der Waals surface area (Å²) in [6, 6.07) is 0.308. The standard InChI is InChI=1S/C13H24N2O2/c1-2-17-11-7-10(8-11)15-12(16)13(9-14)5-3-4-6-13/h10-11H,2-9,14H2,1H3,(H,15,16). The lowest BCUT2D eigenvalue weighted by Gasteiger charge is -2.38. The molecule has 2 fully saturated rings. The molecule has 1 amide bonds. The van der Waals surface area contributed by atoms with Crippen LogP contribution in [0.3, 0.4) is 0 Å². The van der Waals surface area contributed by atoms with E-state index in [0.29, 0.717) is 18.7 Å².